The van der Waals surface area contributed by atoms with Crippen molar-refractivity contribution in [1.82, 2.24) is 0 Å². The fraction of sp³-hybridized carbons (Fsp3) is 0.455. The molecule has 2 nitrogen and oxygen atoms in total. The van der Waals surface area contributed by atoms with E-state index in [9.17, 15) is 0 Å². The molecule has 1 aromatic carbocycles. The van der Waals surface area contributed by atoms with Gasteiger partial charge in [-0.2, -0.15) is 0 Å². The second kappa shape index (κ2) is 5.17. The summed E-state index contributed by atoms with van der Waals surface area (Å²) in [5, 5.41) is 0.756. The Morgan fingerprint density at radius 3 is 2.40 bits per heavy atom. The van der Waals surface area contributed by atoms with E-state index in [1.54, 1.807) is 0 Å². The number of hydrogen-bond donors (Lipinski definition) is 1. The van der Waals surface area contributed by atoms with Gasteiger partial charge in [0, 0.05) is 10.6 Å². The minimum absolute atomic E-state index is 0. The monoisotopic (exact) mass is 247 g/mol. The molecule has 0 aromatic heterocycles. The summed E-state index contributed by atoms with van der Waals surface area (Å²) in [6.45, 7) is 1.28. The average Bonchev–Trinajstić information content (AvgIpc) is 2.88. The first-order valence-electron chi connectivity index (χ1n) is 4.79. The molecule has 15 heavy (non-hydrogen) atoms. The van der Waals surface area contributed by atoms with E-state index in [2.05, 4.69) is 0 Å². The molecule has 1 aliphatic rings. The standard InChI is InChI=1S/C11H14ClNO.ClH/c12-10-3-1-9(2-4-10)7-14-8-11(13)5-6-11;/h1-4H,5-8,13H2;1H. The molecule has 1 saturated carbocycles. The predicted molar refractivity (Wildman–Crippen MR) is 64.5 cm³/mol. The zero-order chi connectivity index (χ0) is 10.0. The van der Waals surface area contributed by atoms with Gasteiger partial charge in [0.05, 0.1) is 13.2 Å². The van der Waals surface area contributed by atoms with Crippen molar-refractivity contribution in [2.75, 3.05) is 6.61 Å². The van der Waals surface area contributed by atoms with Gasteiger partial charge >= 0.3 is 0 Å². The molecule has 0 unspecified atom stereocenters. The van der Waals surface area contributed by atoms with Gasteiger partial charge < -0.3 is 10.5 Å². The van der Waals surface area contributed by atoms with Crippen molar-refractivity contribution in [2.45, 2.75) is 25.0 Å². The fourth-order valence-corrected chi connectivity index (χ4v) is 1.38. The van der Waals surface area contributed by atoms with Gasteiger partial charge in [-0.1, -0.05) is 23.7 Å². The largest absolute Gasteiger partial charge is 0.375 e. The highest BCUT2D eigenvalue weighted by atomic mass is 35.5. The van der Waals surface area contributed by atoms with Gasteiger partial charge in [-0.05, 0) is 30.5 Å². The molecule has 0 radical (unpaired) electrons. The average molecular weight is 248 g/mol. The molecule has 2 rings (SSSR count). The zero-order valence-corrected chi connectivity index (χ0v) is 9.98. The number of hydrogen-bond acceptors (Lipinski definition) is 2. The van der Waals surface area contributed by atoms with Crippen LogP contribution >= 0.6 is 24.0 Å². The molecule has 0 amide bonds. The van der Waals surface area contributed by atoms with E-state index in [0.29, 0.717) is 13.2 Å². The van der Waals surface area contributed by atoms with Crippen LogP contribution in [0.1, 0.15) is 18.4 Å². The second-order valence-corrected chi connectivity index (χ2v) is 4.42. The van der Waals surface area contributed by atoms with Crippen molar-refractivity contribution in [3.8, 4) is 0 Å². The molecular formula is C11H15Cl2NO. The van der Waals surface area contributed by atoms with Crippen LogP contribution in [0.4, 0.5) is 0 Å². The normalized spacial score (nSPS) is 16.9. The number of ether oxygens (including phenoxy) is 1. The minimum atomic E-state index is -0.0214. The third-order valence-electron chi connectivity index (χ3n) is 2.46. The highest BCUT2D eigenvalue weighted by Crippen LogP contribution is 2.32. The van der Waals surface area contributed by atoms with Crippen LogP contribution in [0.2, 0.25) is 5.02 Å². The summed E-state index contributed by atoms with van der Waals surface area (Å²) in [5.74, 6) is 0. The van der Waals surface area contributed by atoms with Crippen LogP contribution in [0.15, 0.2) is 24.3 Å². The van der Waals surface area contributed by atoms with Crippen molar-refractivity contribution in [3.05, 3.63) is 34.9 Å². The van der Waals surface area contributed by atoms with E-state index in [0.717, 1.165) is 23.4 Å². The Hall–Kier alpha value is -0.280. The van der Waals surface area contributed by atoms with Gasteiger partial charge in [-0.3, -0.25) is 0 Å². The summed E-state index contributed by atoms with van der Waals surface area (Å²) in [7, 11) is 0. The van der Waals surface area contributed by atoms with E-state index >= 15 is 0 Å². The molecule has 2 N–H and O–H groups in total. The third-order valence-corrected chi connectivity index (χ3v) is 2.72. The maximum absolute atomic E-state index is 5.89. The van der Waals surface area contributed by atoms with E-state index in [1.807, 2.05) is 24.3 Å². The molecule has 84 valence electrons. The second-order valence-electron chi connectivity index (χ2n) is 3.98. The zero-order valence-electron chi connectivity index (χ0n) is 8.41. The van der Waals surface area contributed by atoms with Crippen LogP contribution in [0, 0.1) is 0 Å². The van der Waals surface area contributed by atoms with E-state index < -0.39 is 0 Å². The first-order valence-corrected chi connectivity index (χ1v) is 5.17. The first kappa shape index (κ1) is 12.8. The smallest absolute Gasteiger partial charge is 0.0717 e. The van der Waals surface area contributed by atoms with Crippen LogP contribution in [0.5, 0.6) is 0 Å². The van der Waals surface area contributed by atoms with Crippen LogP contribution in [0.25, 0.3) is 0 Å². The number of benzene rings is 1. The molecule has 1 aromatic rings. The molecule has 4 heteroatoms. The Bertz CT molecular complexity index is 309. The number of rotatable bonds is 4. The summed E-state index contributed by atoms with van der Waals surface area (Å²) in [6.07, 6.45) is 2.18. The SMILES string of the molecule is Cl.NC1(COCc2ccc(Cl)cc2)CC1. The summed E-state index contributed by atoms with van der Waals surface area (Å²) in [6, 6.07) is 7.68. The topological polar surface area (TPSA) is 35.2 Å². The molecule has 0 saturated heterocycles. The molecule has 0 bridgehead atoms. The molecule has 1 aliphatic carbocycles. The van der Waals surface area contributed by atoms with E-state index in [4.69, 9.17) is 22.1 Å². The first-order chi connectivity index (χ1) is 6.68. The molecule has 0 heterocycles. The Morgan fingerprint density at radius 2 is 1.87 bits per heavy atom. The van der Waals surface area contributed by atoms with Crippen LogP contribution < -0.4 is 5.73 Å². The molecule has 0 spiro atoms. The molecule has 0 aliphatic heterocycles. The van der Waals surface area contributed by atoms with Crippen molar-refractivity contribution < 1.29 is 4.74 Å². The van der Waals surface area contributed by atoms with Gasteiger partial charge in [0.15, 0.2) is 0 Å². The highest BCUT2D eigenvalue weighted by Gasteiger charge is 2.38. The lowest BCUT2D eigenvalue weighted by molar-refractivity contribution is 0.102. The van der Waals surface area contributed by atoms with Gasteiger partial charge in [0.2, 0.25) is 0 Å². The van der Waals surface area contributed by atoms with Crippen LogP contribution in [-0.4, -0.2) is 12.1 Å². The maximum Gasteiger partial charge on any atom is 0.0717 e. The van der Waals surface area contributed by atoms with E-state index in [1.165, 1.54) is 0 Å². The van der Waals surface area contributed by atoms with Crippen molar-refractivity contribution >= 4 is 24.0 Å². The van der Waals surface area contributed by atoms with Gasteiger partial charge in [0.1, 0.15) is 0 Å². The van der Waals surface area contributed by atoms with E-state index in [-0.39, 0.29) is 17.9 Å². The fourth-order valence-electron chi connectivity index (χ4n) is 1.26. The summed E-state index contributed by atoms with van der Waals surface area (Å²) >= 11 is 5.77. The Labute approximate surface area is 101 Å². The van der Waals surface area contributed by atoms with Gasteiger partial charge in [0.25, 0.3) is 0 Å². The van der Waals surface area contributed by atoms with Gasteiger partial charge in [-0.15, -0.1) is 12.4 Å². The Balaban J connectivity index is 0.00000112. The third kappa shape index (κ3) is 3.99. The van der Waals surface area contributed by atoms with Crippen LogP contribution in [-0.2, 0) is 11.3 Å². The van der Waals surface area contributed by atoms with Crippen molar-refractivity contribution in [2.24, 2.45) is 5.73 Å². The van der Waals surface area contributed by atoms with Crippen LogP contribution in [0.3, 0.4) is 0 Å². The lowest BCUT2D eigenvalue weighted by Crippen LogP contribution is -2.27. The summed E-state index contributed by atoms with van der Waals surface area (Å²) in [4.78, 5) is 0. The molecular weight excluding hydrogens is 233 g/mol. The summed E-state index contributed by atoms with van der Waals surface area (Å²) in [5.41, 5.74) is 7.00. The predicted octanol–water partition coefficient (Wildman–Crippen LogP) is 2.77. The van der Waals surface area contributed by atoms with Crippen molar-refractivity contribution in [1.29, 1.82) is 0 Å². The quantitative estimate of drug-likeness (QED) is 0.889. The molecule has 1 fully saturated rings. The van der Waals surface area contributed by atoms with Crippen molar-refractivity contribution in [3.63, 3.8) is 0 Å². The Morgan fingerprint density at radius 1 is 1.27 bits per heavy atom. The number of nitrogens with two attached hydrogens (primary N) is 1. The lowest BCUT2D eigenvalue weighted by Gasteiger charge is -2.09. The maximum atomic E-state index is 5.89. The Kier molecular flexibility index (Phi) is 4.41. The minimum Gasteiger partial charge on any atom is -0.375 e. The summed E-state index contributed by atoms with van der Waals surface area (Å²) < 4.78 is 5.52. The lowest BCUT2D eigenvalue weighted by atomic mass is 10.2. The molecule has 0 atom stereocenters. The highest BCUT2D eigenvalue weighted by molar-refractivity contribution is 6.30. The van der Waals surface area contributed by atoms with Gasteiger partial charge in [-0.25, -0.2) is 0 Å². The number of halogens is 2.